The fourth-order valence-electron chi connectivity index (χ4n) is 1.59. The summed E-state index contributed by atoms with van der Waals surface area (Å²) in [6.45, 7) is 1.80. The standard InChI is InChI=1S/C13H12ClNO3S/c1-9-6-7-12(16)11(8-9)15-19(17,18)13-5-3-2-4-10(13)14/h2-8,15-16H,1H3. The first-order chi connectivity index (χ1) is 8.90. The molecule has 100 valence electrons. The molecule has 0 bridgehead atoms. The molecule has 0 aromatic heterocycles. The molecule has 4 nitrogen and oxygen atoms in total. The van der Waals surface area contributed by atoms with Gasteiger partial charge in [-0.25, -0.2) is 8.42 Å². The molecule has 0 atom stereocenters. The summed E-state index contributed by atoms with van der Waals surface area (Å²) in [4.78, 5) is -0.0300. The van der Waals surface area contributed by atoms with Crippen LogP contribution in [0.1, 0.15) is 5.56 Å². The number of benzene rings is 2. The zero-order valence-corrected chi connectivity index (χ0v) is 11.7. The molecule has 0 saturated heterocycles. The second kappa shape index (κ2) is 5.11. The second-order valence-corrected chi connectivity index (χ2v) is 6.11. The molecule has 0 saturated carbocycles. The van der Waals surface area contributed by atoms with Gasteiger partial charge in [0.25, 0.3) is 10.0 Å². The summed E-state index contributed by atoms with van der Waals surface area (Å²) in [5, 5.41) is 9.78. The number of anilines is 1. The lowest BCUT2D eigenvalue weighted by molar-refractivity contribution is 0.477. The van der Waals surface area contributed by atoms with Crippen molar-refractivity contribution in [2.75, 3.05) is 4.72 Å². The summed E-state index contributed by atoms with van der Waals surface area (Å²) in [5.74, 6) is -0.138. The molecule has 0 aliphatic carbocycles. The van der Waals surface area contributed by atoms with E-state index < -0.39 is 10.0 Å². The van der Waals surface area contributed by atoms with Gasteiger partial charge in [-0.3, -0.25) is 4.72 Å². The van der Waals surface area contributed by atoms with Crippen LogP contribution in [0.2, 0.25) is 5.02 Å². The Bertz CT molecular complexity index is 714. The third kappa shape index (κ3) is 3.00. The molecule has 2 aromatic carbocycles. The van der Waals surface area contributed by atoms with Crippen LogP contribution in [0.15, 0.2) is 47.4 Å². The Morgan fingerprint density at radius 1 is 1.16 bits per heavy atom. The lowest BCUT2D eigenvalue weighted by Crippen LogP contribution is -2.13. The van der Waals surface area contributed by atoms with Crippen LogP contribution in [-0.2, 0) is 10.0 Å². The largest absolute Gasteiger partial charge is 0.506 e. The van der Waals surface area contributed by atoms with Gasteiger partial charge >= 0.3 is 0 Å². The molecule has 2 rings (SSSR count). The minimum absolute atomic E-state index is 0.0300. The van der Waals surface area contributed by atoms with Crippen LogP contribution in [0, 0.1) is 6.92 Å². The topological polar surface area (TPSA) is 66.4 Å². The van der Waals surface area contributed by atoms with Crippen molar-refractivity contribution in [3.8, 4) is 5.75 Å². The number of hydrogen-bond acceptors (Lipinski definition) is 3. The van der Waals surface area contributed by atoms with Gasteiger partial charge in [-0.05, 0) is 36.8 Å². The monoisotopic (exact) mass is 297 g/mol. The first-order valence-corrected chi connectivity index (χ1v) is 7.33. The van der Waals surface area contributed by atoms with E-state index in [4.69, 9.17) is 11.6 Å². The number of rotatable bonds is 3. The molecule has 0 aliphatic rings. The van der Waals surface area contributed by atoms with E-state index in [1.165, 1.54) is 18.2 Å². The quantitative estimate of drug-likeness (QED) is 0.855. The lowest BCUT2D eigenvalue weighted by atomic mass is 10.2. The molecule has 6 heteroatoms. The second-order valence-electron chi connectivity index (χ2n) is 4.06. The number of phenols is 1. The maximum atomic E-state index is 12.2. The van der Waals surface area contributed by atoms with E-state index in [9.17, 15) is 13.5 Å². The molecule has 0 aliphatic heterocycles. The molecular weight excluding hydrogens is 286 g/mol. The number of phenolic OH excluding ortho intramolecular Hbond substituents is 1. The highest BCUT2D eigenvalue weighted by Crippen LogP contribution is 2.28. The maximum absolute atomic E-state index is 12.2. The van der Waals surface area contributed by atoms with Crippen LogP contribution in [0.5, 0.6) is 5.75 Å². The Morgan fingerprint density at radius 3 is 2.53 bits per heavy atom. The third-order valence-corrected chi connectivity index (χ3v) is 4.39. The van der Waals surface area contributed by atoms with Crippen molar-refractivity contribution in [1.82, 2.24) is 0 Å². The zero-order chi connectivity index (χ0) is 14.0. The normalized spacial score (nSPS) is 11.3. The van der Waals surface area contributed by atoms with E-state index in [1.807, 2.05) is 0 Å². The third-order valence-electron chi connectivity index (χ3n) is 2.52. The van der Waals surface area contributed by atoms with E-state index in [0.717, 1.165) is 5.56 Å². The van der Waals surface area contributed by atoms with Crippen LogP contribution in [0.25, 0.3) is 0 Å². The van der Waals surface area contributed by atoms with Crippen LogP contribution < -0.4 is 4.72 Å². The van der Waals surface area contributed by atoms with E-state index in [2.05, 4.69) is 4.72 Å². The minimum Gasteiger partial charge on any atom is -0.506 e. The van der Waals surface area contributed by atoms with Crippen molar-refractivity contribution in [2.45, 2.75) is 11.8 Å². The summed E-state index contributed by atoms with van der Waals surface area (Å²) in [6, 6.07) is 10.8. The van der Waals surface area contributed by atoms with Crippen molar-refractivity contribution in [3.63, 3.8) is 0 Å². The van der Waals surface area contributed by atoms with E-state index in [1.54, 1.807) is 31.2 Å². The summed E-state index contributed by atoms with van der Waals surface area (Å²) < 4.78 is 26.7. The Hall–Kier alpha value is -1.72. The van der Waals surface area contributed by atoms with E-state index in [0.29, 0.717) is 0 Å². The van der Waals surface area contributed by atoms with E-state index in [-0.39, 0.29) is 21.4 Å². The predicted molar refractivity (Wildman–Crippen MR) is 75.1 cm³/mol. The van der Waals surface area contributed by atoms with Crippen molar-refractivity contribution in [2.24, 2.45) is 0 Å². The number of aromatic hydroxyl groups is 1. The van der Waals surface area contributed by atoms with Gasteiger partial charge in [-0.15, -0.1) is 0 Å². The van der Waals surface area contributed by atoms with Crippen LogP contribution >= 0.6 is 11.6 Å². The smallest absolute Gasteiger partial charge is 0.263 e. The van der Waals surface area contributed by atoms with Crippen molar-refractivity contribution in [3.05, 3.63) is 53.1 Å². The first kappa shape index (κ1) is 13.7. The average Bonchev–Trinajstić information content (AvgIpc) is 2.34. The van der Waals surface area contributed by atoms with Gasteiger partial charge in [0.05, 0.1) is 10.7 Å². The van der Waals surface area contributed by atoms with Crippen molar-refractivity contribution >= 4 is 27.3 Å². The van der Waals surface area contributed by atoms with Gasteiger partial charge in [-0.1, -0.05) is 29.8 Å². The number of hydrogen-bond donors (Lipinski definition) is 2. The van der Waals surface area contributed by atoms with Gasteiger partial charge in [0.2, 0.25) is 0 Å². The minimum atomic E-state index is -3.83. The number of sulfonamides is 1. The van der Waals surface area contributed by atoms with Gasteiger partial charge in [0, 0.05) is 0 Å². The van der Waals surface area contributed by atoms with Crippen LogP contribution in [0.4, 0.5) is 5.69 Å². The highest BCUT2D eigenvalue weighted by Gasteiger charge is 2.18. The fourth-order valence-corrected chi connectivity index (χ4v) is 3.18. The highest BCUT2D eigenvalue weighted by molar-refractivity contribution is 7.92. The lowest BCUT2D eigenvalue weighted by Gasteiger charge is -2.11. The summed E-state index contributed by atoms with van der Waals surface area (Å²) in [6.07, 6.45) is 0. The first-order valence-electron chi connectivity index (χ1n) is 5.47. The Labute approximate surface area is 116 Å². The fraction of sp³-hybridized carbons (Fsp3) is 0.0769. The molecule has 0 radical (unpaired) electrons. The number of halogens is 1. The van der Waals surface area contributed by atoms with Crippen LogP contribution in [-0.4, -0.2) is 13.5 Å². The molecule has 2 N–H and O–H groups in total. The Balaban J connectivity index is 2.43. The van der Waals surface area contributed by atoms with Gasteiger partial charge in [-0.2, -0.15) is 0 Å². The summed E-state index contributed by atoms with van der Waals surface area (Å²) in [5.41, 5.74) is 0.953. The molecule has 0 unspecified atom stereocenters. The van der Waals surface area contributed by atoms with Crippen molar-refractivity contribution in [1.29, 1.82) is 0 Å². The van der Waals surface area contributed by atoms with Crippen LogP contribution in [0.3, 0.4) is 0 Å². The highest BCUT2D eigenvalue weighted by atomic mass is 35.5. The molecule has 2 aromatic rings. The molecule has 0 spiro atoms. The number of aryl methyl sites for hydroxylation is 1. The maximum Gasteiger partial charge on any atom is 0.263 e. The summed E-state index contributed by atoms with van der Waals surface area (Å²) in [7, 11) is -3.83. The molecule has 0 amide bonds. The van der Waals surface area contributed by atoms with Crippen molar-refractivity contribution < 1.29 is 13.5 Å². The SMILES string of the molecule is Cc1ccc(O)c(NS(=O)(=O)c2ccccc2Cl)c1. The van der Waals surface area contributed by atoms with Gasteiger partial charge < -0.3 is 5.11 Å². The zero-order valence-electron chi connectivity index (χ0n) is 10.1. The predicted octanol–water partition coefficient (Wildman–Crippen LogP) is 3.15. The Kier molecular flexibility index (Phi) is 3.68. The molecule has 19 heavy (non-hydrogen) atoms. The van der Waals surface area contributed by atoms with Gasteiger partial charge in [0.15, 0.2) is 0 Å². The molecular formula is C13H12ClNO3S. The van der Waals surface area contributed by atoms with Gasteiger partial charge in [0.1, 0.15) is 10.6 Å². The Morgan fingerprint density at radius 2 is 1.84 bits per heavy atom. The number of nitrogens with one attached hydrogen (secondary N) is 1. The summed E-state index contributed by atoms with van der Waals surface area (Å²) >= 11 is 5.86. The molecule has 0 heterocycles. The average molecular weight is 298 g/mol. The molecule has 0 fully saturated rings. The van der Waals surface area contributed by atoms with E-state index >= 15 is 0 Å².